The minimum absolute atomic E-state index is 0. The van der Waals surface area contributed by atoms with E-state index in [-0.39, 0.29) is 12.4 Å². The molecule has 6 heteroatoms. The van der Waals surface area contributed by atoms with Gasteiger partial charge in [-0.1, -0.05) is 96.8 Å². The highest BCUT2D eigenvalue weighted by atomic mass is 35.5. The highest BCUT2D eigenvalue weighted by molar-refractivity contribution is 6.60. The second-order valence-corrected chi connectivity index (χ2v) is 12.3. The molecular weight excluding hydrogens is 414 g/mol. The Balaban J connectivity index is 0. The van der Waals surface area contributed by atoms with Gasteiger partial charge in [0.1, 0.15) is 6.17 Å². The van der Waals surface area contributed by atoms with Gasteiger partial charge in [-0.05, 0) is 12.8 Å². The maximum absolute atomic E-state index is 5.58. The second kappa shape index (κ2) is 21.2. The van der Waals surface area contributed by atoms with Crippen LogP contribution in [0.15, 0.2) is 0 Å². The van der Waals surface area contributed by atoms with Crippen LogP contribution in [0.2, 0.25) is 0 Å². The Morgan fingerprint density at radius 2 is 0.833 bits per heavy atom. The van der Waals surface area contributed by atoms with Gasteiger partial charge in [-0.25, -0.2) is 0 Å². The lowest BCUT2D eigenvalue weighted by Gasteiger charge is -2.35. The van der Waals surface area contributed by atoms with Crippen molar-refractivity contribution in [1.82, 2.24) is 0 Å². The molecule has 0 fully saturated rings. The average Bonchev–Trinajstić information content (AvgIpc) is 2.71. The maximum Gasteiger partial charge on any atom is 0.558 e. The van der Waals surface area contributed by atoms with Crippen LogP contribution in [-0.4, -0.2) is 61.4 Å². The summed E-state index contributed by atoms with van der Waals surface area (Å²) >= 11 is 0. The van der Waals surface area contributed by atoms with Crippen LogP contribution in [0.4, 0.5) is 0 Å². The Hall–Kier alpha value is 0.347. The molecule has 0 rings (SSSR count). The van der Waals surface area contributed by atoms with E-state index < -0.39 is 8.80 Å². The fourth-order valence-corrected chi connectivity index (χ4v) is 6.23. The first-order chi connectivity index (χ1) is 13.9. The van der Waals surface area contributed by atoms with Crippen LogP contribution in [0.3, 0.4) is 0 Å². The molecule has 4 nitrogen and oxygen atoms in total. The van der Waals surface area contributed by atoms with Gasteiger partial charge in [0.05, 0.1) is 20.6 Å². The Kier molecular flexibility index (Phi) is 23.0. The molecule has 0 unspecified atom stereocenters. The summed E-state index contributed by atoms with van der Waals surface area (Å²) in [5, 5.41) is 0. The first-order valence-corrected chi connectivity index (χ1v) is 14.4. The van der Waals surface area contributed by atoms with Crippen molar-refractivity contribution in [2.75, 3.05) is 48.1 Å². The lowest BCUT2D eigenvalue weighted by Crippen LogP contribution is -3.00. The van der Waals surface area contributed by atoms with Gasteiger partial charge in [0.15, 0.2) is 0 Å². The van der Waals surface area contributed by atoms with Gasteiger partial charge in [-0.2, -0.15) is 0 Å². The van der Waals surface area contributed by atoms with E-state index in [2.05, 4.69) is 21.0 Å². The Bertz CT molecular complexity index is 347. The molecule has 0 aliphatic carbocycles. The molecule has 0 aliphatic heterocycles. The first-order valence-electron chi connectivity index (χ1n) is 12.4. The molecule has 0 aromatic carbocycles. The van der Waals surface area contributed by atoms with Crippen molar-refractivity contribution in [3.8, 4) is 0 Å². The highest BCUT2D eigenvalue weighted by Gasteiger charge is 2.45. The molecule has 0 radical (unpaired) electrons. The number of hydrogen-bond acceptors (Lipinski definition) is 3. The molecule has 0 aromatic rings. The predicted molar refractivity (Wildman–Crippen MR) is 128 cm³/mol. The van der Waals surface area contributed by atoms with Crippen LogP contribution >= 0.6 is 0 Å². The lowest BCUT2D eigenvalue weighted by atomic mass is 10.0. The molecular formula is C24H54ClNO3Si. The Morgan fingerprint density at radius 1 is 0.533 bits per heavy atom. The number of rotatable bonds is 22. The largest absolute Gasteiger partial charge is 1.00 e. The molecule has 0 amide bonds. The molecule has 0 atom stereocenters. The third kappa shape index (κ3) is 18.0. The van der Waals surface area contributed by atoms with E-state index in [0.717, 1.165) is 17.2 Å². The van der Waals surface area contributed by atoms with Crippen molar-refractivity contribution in [1.29, 1.82) is 0 Å². The summed E-state index contributed by atoms with van der Waals surface area (Å²) in [4.78, 5) is 0. The van der Waals surface area contributed by atoms with Crippen molar-refractivity contribution in [2.45, 2.75) is 110 Å². The Labute approximate surface area is 196 Å². The molecule has 0 spiro atoms. The quantitative estimate of drug-likeness (QED) is 0.138. The van der Waals surface area contributed by atoms with Crippen molar-refractivity contribution in [2.24, 2.45) is 0 Å². The summed E-state index contributed by atoms with van der Waals surface area (Å²) in [5.41, 5.74) is 0. The number of nitrogens with zero attached hydrogens (tertiary/aromatic N) is 1. The second-order valence-electron chi connectivity index (χ2n) is 9.42. The Morgan fingerprint density at radius 3 is 1.13 bits per heavy atom. The van der Waals surface area contributed by atoms with E-state index in [4.69, 9.17) is 13.3 Å². The van der Waals surface area contributed by atoms with Crippen LogP contribution < -0.4 is 12.4 Å². The van der Waals surface area contributed by atoms with E-state index in [0.29, 0.717) is 0 Å². The summed E-state index contributed by atoms with van der Waals surface area (Å²) in [6, 6.07) is 0. The lowest BCUT2D eigenvalue weighted by molar-refractivity contribution is -0.882. The minimum Gasteiger partial charge on any atom is -1.00 e. The predicted octanol–water partition coefficient (Wildman–Crippen LogP) is 3.75. The summed E-state index contributed by atoms with van der Waals surface area (Å²) in [6.45, 7) is 3.45. The standard InChI is InChI=1S/C24H54NO3Si.ClH/c1-7-8-9-10-11-12-13-14-15-16-17-18-19-20-21-22-23-25(2,3)24-29(26-4,27-5)28-6;/h7-24H2,1-6H3;1H/q+1;/p-1. The normalized spacial score (nSPS) is 12.2. The number of halogens is 1. The smallest absolute Gasteiger partial charge is 0.558 e. The maximum atomic E-state index is 5.58. The monoisotopic (exact) mass is 467 g/mol. The van der Waals surface area contributed by atoms with E-state index in [1.54, 1.807) is 21.3 Å². The third-order valence-corrected chi connectivity index (χ3v) is 9.28. The van der Waals surface area contributed by atoms with Gasteiger partial charge < -0.3 is 30.2 Å². The van der Waals surface area contributed by atoms with Crippen molar-refractivity contribution >= 4 is 8.80 Å². The van der Waals surface area contributed by atoms with Crippen LogP contribution in [0.5, 0.6) is 0 Å². The van der Waals surface area contributed by atoms with Crippen LogP contribution in [0, 0.1) is 0 Å². The van der Waals surface area contributed by atoms with Gasteiger partial charge in [-0.3, -0.25) is 0 Å². The summed E-state index contributed by atoms with van der Waals surface area (Å²) in [7, 11) is 7.12. The van der Waals surface area contributed by atoms with Gasteiger partial charge in [0.2, 0.25) is 0 Å². The molecule has 0 saturated carbocycles. The molecule has 0 heterocycles. The summed E-state index contributed by atoms with van der Waals surface area (Å²) < 4.78 is 17.7. The zero-order valence-electron chi connectivity index (χ0n) is 21.3. The van der Waals surface area contributed by atoms with Crippen LogP contribution in [0.25, 0.3) is 0 Å². The molecule has 0 aliphatic rings. The number of quaternary nitrogens is 1. The van der Waals surface area contributed by atoms with E-state index in [1.165, 1.54) is 103 Å². The van der Waals surface area contributed by atoms with Gasteiger partial charge in [0.25, 0.3) is 0 Å². The van der Waals surface area contributed by atoms with Crippen LogP contribution in [-0.2, 0) is 13.3 Å². The van der Waals surface area contributed by atoms with Crippen LogP contribution in [0.1, 0.15) is 110 Å². The van der Waals surface area contributed by atoms with Crippen molar-refractivity contribution in [3.05, 3.63) is 0 Å². The average molecular weight is 468 g/mol. The molecule has 30 heavy (non-hydrogen) atoms. The zero-order valence-corrected chi connectivity index (χ0v) is 23.0. The SMILES string of the molecule is CCCCCCCCCCCCCCCCCC[N+](C)(C)C[Si](OC)(OC)OC.[Cl-]. The van der Waals surface area contributed by atoms with E-state index in [9.17, 15) is 0 Å². The van der Waals surface area contributed by atoms with Gasteiger partial charge >= 0.3 is 8.80 Å². The third-order valence-electron chi connectivity index (χ3n) is 6.17. The van der Waals surface area contributed by atoms with E-state index in [1.807, 2.05) is 0 Å². The molecule has 184 valence electrons. The van der Waals surface area contributed by atoms with Gasteiger partial charge in [0, 0.05) is 21.3 Å². The highest BCUT2D eigenvalue weighted by Crippen LogP contribution is 2.16. The first kappa shape index (κ1) is 32.5. The summed E-state index contributed by atoms with van der Waals surface area (Å²) in [5.74, 6) is 0. The van der Waals surface area contributed by atoms with E-state index >= 15 is 0 Å². The topological polar surface area (TPSA) is 27.7 Å². The van der Waals surface area contributed by atoms with Gasteiger partial charge in [-0.15, -0.1) is 0 Å². The molecule has 0 bridgehead atoms. The fraction of sp³-hybridized carbons (Fsp3) is 1.00. The number of unbranched alkanes of at least 4 members (excludes halogenated alkanes) is 15. The summed E-state index contributed by atoms with van der Waals surface area (Å²) in [6.07, 6.45) is 23.5. The molecule has 0 saturated heterocycles. The molecule has 0 aromatic heterocycles. The number of hydrogen-bond donors (Lipinski definition) is 0. The minimum atomic E-state index is -2.49. The van der Waals surface area contributed by atoms with Crippen molar-refractivity contribution in [3.63, 3.8) is 0 Å². The zero-order chi connectivity index (χ0) is 21.8. The molecule has 0 N–H and O–H groups in total. The van der Waals surface area contributed by atoms with Crippen molar-refractivity contribution < 1.29 is 30.2 Å². The fourth-order valence-electron chi connectivity index (χ4n) is 4.13.